The van der Waals surface area contributed by atoms with Gasteiger partial charge in [-0.3, -0.25) is 4.79 Å². The third kappa shape index (κ3) is 1.33. The smallest absolute Gasteiger partial charge is 0.194 e. The molecule has 0 aliphatic heterocycles. The van der Waals surface area contributed by atoms with Crippen LogP contribution in [-0.2, 0) is 0 Å². The Kier molecular flexibility index (Phi) is 1.53. The van der Waals surface area contributed by atoms with Gasteiger partial charge in [-0.05, 0) is 19.8 Å². The van der Waals surface area contributed by atoms with Crippen molar-refractivity contribution in [1.82, 2.24) is 4.98 Å². The molecule has 1 aliphatic carbocycles. The highest BCUT2D eigenvalue weighted by Crippen LogP contribution is 2.33. The van der Waals surface area contributed by atoms with Gasteiger partial charge in [0.05, 0.1) is 0 Å². The van der Waals surface area contributed by atoms with Crippen LogP contribution < -0.4 is 0 Å². The molecule has 1 saturated carbocycles. The summed E-state index contributed by atoms with van der Waals surface area (Å²) >= 11 is 1.50. The van der Waals surface area contributed by atoms with Gasteiger partial charge in [-0.1, -0.05) is 0 Å². The molecule has 0 radical (unpaired) electrons. The zero-order chi connectivity index (χ0) is 7.84. The first-order valence-electron chi connectivity index (χ1n) is 3.74. The normalized spacial score (nSPS) is 16.8. The lowest BCUT2D eigenvalue weighted by Gasteiger charge is -1.87. The van der Waals surface area contributed by atoms with E-state index in [1.54, 1.807) is 6.20 Å². The van der Waals surface area contributed by atoms with E-state index in [0.29, 0.717) is 10.9 Å². The number of rotatable bonds is 2. The monoisotopic (exact) mass is 167 g/mol. The minimum Gasteiger partial charge on any atom is -0.291 e. The lowest BCUT2D eigenvalue weighted by atomic mass is 10.3. The first-order valence-corrected chi connectivity index (χ1v) is 4.55. The van der Waals surface area contributed by atoms with Crippen LogP contribution in [0.15, 0.2) is 6.20 Å². The van der Waals surface area contributed by atoms with Crippen molar-refractivity contribution in [1.29, 1.82) is 0 Å². The van der Waals surface area contributed by atoms with Crippen molar-refractivity contribution in [2.45, 2.75) is 19.8 Å². The molecule has 1 aromatic heterocycles. The van der Waals surface area contributed by atoms with Gasteiger partial charge in [-0.2, -0.15) is 0 Å². The number of hydrogen-bond acceptors (Lipinski definition) is 3. The molecule has 1 fully saturated rings. The molecular weight excluding hydrogens is 158 g/mol. The molecule has 0 amide bonds. The Morgan fingerprint density at radius 2 is 2.45 bits per heavy atom. The second kappa shape index (κ2) is 2.41. The Balaban J connectivity index is 2.21. The molecule has 2 rings (SSSR count). The average molecular weight is 167 g/mol. The predicted molar refractivity (Wildman–Crippen MR) is 43.9 cm³/mol. The van der Waals surface area contributed by atoms with Crippen molar-refractivity contribution in [3.63, 3.8) is 0 Å². The second-order valence-electron chi connectivity index (χ2n) is 2.91. The standard InChI is InChI=1S/C8H9NOS/c1-5-4-9-8(11-5)7(10)6-2-3-6/h4,6H,2-3H2,1H3. The minimum atomic E-state index is 0.253. The van der Waals surface area contributed by atoms with E-state index >= 15 is 0 Å². The summed E-state index contributed by atoms with van der Waals surface area (Å²) in [6, 6.07) is 0. The number of aryl methyl sites for hydroxylation is 1. The van der Waals surface area contributed by atoms with Crippen LogP contribution in [0, 0.1) is 12.8 Å². The number of aromatic nitrogens is 1. The molecule has 0 saturated heterocycles. The molecule has 0 N–H and O–H groups in total. The van der Waals surface area contributed by atoms with Gasteiger partial charge in [0.25, 0.3) is 0 Å². The van der Waals surface area contributed by atoms with Crippen LogP contribution in [0.2, 0.25) is 0 Å². The predicted octanol–water partition coefficient (Wildman–Crippen LogP) is 2.04. The van der Waals surface area contributed by atoms with Gasteiger partial charge in [0.2, 0.25) is 0 Å². The SMILES string of the molecule is Cc1cnc(C(=O)C2CC2)s1. The van der Waals surface area contributed by atoms with Crippen molar-refractivity contribution >= 4 is 17.1 Å². The van der Waals surface area contributed by atoms with E-state index in [4.69, 9.17) is 0 Å². The van der Waals surface area contributed by atoms with Crippen molar-refractivity contribution in [3.05, 3.63) is 16.1 Å². The van der Waals surface area contributed by atoms with Crippen molar-refractivity contribution in [2.75, 3.05) is 0 Å². The summed E-state index contributed by atoms with van der Waals surface area (Å²) in [5.41, 5.74) is 0. The van der Waals surface area contributed by atoms with E-state index in [1.165, 1.54) is 11.3 Å². The lowest BCUT2D eigenvalue weighted by molar-refractivity contribution is 0.0967. The Morgan fingerprint density at radius 1 is 1.73 bits per heavy atom. The van der Waals surface area contributed by atoms with Crippen LogP contribution >= 0.6 is 11.3 Å². The molecule has 1 aromatic rings. The zero-order valence-corrected chi connectivity index (χ0v) is 7.15. The van der Waals surface area contributed by atoms with E-state index in [1.807, 2.05) is 6.92 Å². The van der Waals surface area contributed by atoms with Gasteiger partial charge in [0.1, 0.15) is 0 Å². The molecule has 1 aliphatic rings. The average Bonchev–Trinajstić information content (AvgIpc) is 2.74. The molecule has 0 unspecified atom stereocenters. The van der Waals surface area contributed by atoms with Gasteiger partial charge in [0, 0.05) is 17.0 Å². The van der Waals surface area contributed by atoms with E-state index < -0.39 is 0 Å². The van der Waals surface area contributed by atoms with Gasteiger partial charge < -0.3 is 0 Å². The van der Waals surface area contributed by atoms with E-state index in [0.717, 1.165) is 17.7 Å². The highest BCUT2D eigenvalue weighted by molar-refractivity contribution is 7.13. The zero-order valence-electron chi connectivity index (χ0n) is 6.33. The maximum Gasteiger partial charge on any atom is 0.194 e. The van der Waals surface area contributed by atoms with Crippen LogP contribution in [0.5, 0.6) is 0 Å². The topological polar surface area (TPSA) is 30.0 Å². The van der Waals surface area contributed by atoms with Crippen LogP contribution in [0.25, 0.3) is 0 Å². The first kappa shape index (κ1) is 6.98. The van der Waals surface area contributed by atoms with Crippen LogP contribution in [-0.4, -0.2) is 10.8 Å². The van der Waals surface area contributed by atoms with E-state index in [2.05, 4.69) is 4.98 Å². The maximum atomic E-state index is 11.4. The number of carbonyl (C=O) groups excluding carboxylic acids is 1. The highest BCUT2D eigenvalue weighted by atomic mass is 32.1. The van der Waals surface area contributed by atoms with Crippen molar-refractivity contribution in [2.24, 2.45) is 5.92 Å². The van der Waals surface area contributed by atoms with Crippen LogP contribution in [0.1, 0.15) is 27.5 Å². The summed E-state index contributed by atoms with van der Waals surface area (Å²) < 4.78 is 0. The Morgan fingerprint density at radius 3 is 2.91 bits per heavy atom. The summed E-state index contributed by atoms with van der Waals surface area (Å²) in [5.74, 6) is 0.559. The Bertz CT molecular complexity index is 288. The third-order valence-corrected chi connectivity index (χ3v) is 2.71. The van der Waals surface area contributed by atoms with Gasteiger partial charge in [-0.15, -0.1) is 11.3 Å². The quantitative estimate of drug-likeness (QED) is 0.631. The summed E-state index contributed by atoms with van der Waals surface area (Å²) in [7, 11) is 0. The minimum absolute atomic E-state index is 0.253. The van der Waals surface area contributed by atoms with Gasteiger partial charge >= 0.3 is 0 Å². The fraction of sp³-hybridized carbons (Fsp3) is 0.500. The lowest BCUT2D eigenvalue weighted by Crippen LogP contribution is -1.99. The molecule has 1 heterocycles. The molecule has 2 nitrogen and oxygen atoms in total. The number of ketones is 1. The summed E-state index contributed by atoms with van der Waals surface area (Å²) in [6.45, 7) is 1.97. The van der Waals surface area contributed by atoms with Crippen molar-refractivity contribution in [3.8, 4) is 0 Å². The Labute approximate surface area is 69.3 Å². The summed E-state index contributed by atoms with van der Waals surface area (Å²) in [6.07, 6.45) is 3.90. The number of nitrogens with zero attached hydrogens (tertiary/aromatic N) is 1. The number of hydrogen-bond donors (Lipinski definition) is 0. The van der Waals surface area contributed by atoms with E-state index in [9.17, 15) is 4.79 Å². The number of thiazole rings is 1. The molecule has 0 bridgehead atoms. The largest absolute Gasteiger partial charge is 0.291 e. The fourth-order valence-corrected chi connectivity index (χ4v) is 1.77. The number of carbonyl (C=O) groups is 1. The highest BCUT2D eigenvalue weighted by Gasteiger charge is 2.31. The van der Waals surface area contributed by atoms with Crippen LogP contribution in [0.4, 0.5) is 0 Å². The molecule has 0 atom stereocenters. The van der Waals surface area contributed by atoms with Gasteiger partial charge in [-0.25, -0.2) is 4.98 Å². The van der Waals surface area contributed by atoms with Crippen LogP contribution in [0.3, 0.4) is 0 Å². The van der Waals surface area contributed by atoms with E-state index in [-0.39, 0.29) is 5.78 Å². The molecule has 58 valence electrons. The number of Topliss-reactive ketones (excluding diaryl/α,β-unsaturated/α-hetero) is 1. The fourth-order valence-electron chi connectivity index (χ4n) is 0.989. The second-order valence-corrected chi connectivity index (χ2v) is 4.15. The third-order valence-electron chi connectivity index (χ3n) is 1.78. The van der Waals surface area contributed by atoms with Gasteiger partial charge in [0.15, 0.2) is 10.8 Å². The summed E-state index contributed by atoms with van der Waals surface area (Å²) in [4.78, 5) is 16.5. The Hall–Kier alpha value is -0.700. The molecule has 0 spiro atoms. The maximum absolute atomic E-state index is 11.4. The molecule has 0 aromatic carbocycles. The molecule has 3 heteroatoms. The molecular formula is C8H9NOS. The van der Waals surface area contributed by atoms with Crippen molar-refractivity contribution < 1.29 is 4.79 Å². The molecule has 11 heavy (non-hydrogen) atoms. The summed E-state index contributed by atoms with van der Waals surface area (Å²) in [5, 5.41) is 0.699. The first-order chi connectivity index (χ1) is 5.27.